The number of hydrogen-bond donors (Lipinski definition) is 1. The third-order valence-electron chi connectivity index (χ3n) is 2.66. The van der Waals surface area contributed by atoms with Gasteiger partial charge in [-0.1, -0.05) is 23.5 Å². The Labute approximate surface area is 128 Å². The van der Waals surface area contributed by atoms with E-state index in [9.17, 15) is 18.0 Å². The molecule has 22 heavy (non-hydrogen) atoms. The number of aromatic nitrogens is 1. The summed E-state index contributed by atoms with van der Waals surface area (Å²) in [5.74, 6) is -0.0254. The number of ether oxygens (including phenoxy) is 1. The Morgan fingerprint density at radius 2 is 2.00 bits per heavy atom. The fourth-order valence-corrected chi connectivity index (χ4v) is 2.09. The molecule has 2 aromatic rings. The summed E-state index contributed by atoms with van der Waals surface area (Å²) >= 11 is 1.36. The van der Waals surface area contributed by atoms with Gasteiger partial charge in [-0.15, -0.1) is 0 Å². The number of halogens is 3. The monoisotopic (exact) mass is 330 g/mol. The molecule has 1 amide bonds. The highest BCUT2D eigenvalue weighted by Crippen LogP contribution is 2.23. The molecule has 0 saturated heterocycles. The molecule has 1 aromatic heterocycles. The van der Waals surface area contributed by atoms with Crippen LogP contribution < -0.4 is 10.1 Å². The van der Waals surface area contributed by atoms with Gasteiger partial charge >= 0.3 is 6.18 Å². The smallest absolute Gasteiger partial charge is 0.389 e. The molecule has 1 heterocycles. The minimum atomic E-state index is -4.31. The summed E-state index contributed by atoms with van der Waals surface area (Å²) in [6, 6.07) is 6.87. The van der Waals surface area contributed by atoms with Gasteiger partial charge in [0.1, 0.15) is 5.75 Å². The molecule has 0 aliphatic rings. The van der Waals surface area contributed by atoms with Gasteiger partial charge in [-0.05, 0) is 17.7 Å². The van der Waals surface area contributed by atoms with E-state index in [-0.39, 0.29) is 6.54 Å². The van der Waals surface area contributed by atoms with Crippen molar-refractivity contribution in [1.29, 1.82) is 0 Å². The molecule has 0 aliphatic carbocycles. The summed E-state index contributed by atoms with van der Waals surface area (Å²) in [6.07, 6.45) is -4.36. The summed E-state index contributed by atoms with van der Waals surface area (Å²) in [6.45, 7) is 0.175. The lowest BCUT2D eigenvalue weighted by molar-refractivity contribution is -0.144. The predicted octanol–water partition coefficient (Wildman–Crippen LogP) is 3.89. The molecule has 8 heteroatoms. The fraction of sp³-hybridized carbons (Fsp3) is 0.286. The highest BCUT2D eigenvalue weighted by molar-refractivity contribution is 7.11. The molecule has 4 nitrogen and oxygen atoms in total. The van der Waals surface area contributed by atoms with Gasteiger partial charge < -0.3 is 10.1 Å². The minimum Gasteiger partial charge on any atom is -0.431 e. The molecule has 2 rings (SSSR count). The standard InChI is InChI=1S/C14H13F3N2O2S/c15-14(16,17)6-5-12(20)19-9-10-1-3-11(4-2-10)21-13-18-7-8-22-13/h1-4,7-8H,5-6,9H2,(H,19,20). The van der Waals surface area contributed by atoms with Gasteiger partial charge in [0.25, 0.3) is 5.19 Å². The normalized spacial score (nSPS) is 11.2. The first kappa shape index (κ1) is 16.3. The topological polar surface area (TPSA) is 51.2 Å². The Kier molecular flexibility index (Phi) is 5.37. The summed E-state index contributed by atoms with van der Waals surface area (Å²) in [5.41, 5.74) is 0.770. The lowest BCUT2D eigenvalue weighted by Crippen LogP contribution is -2.24. The Hall–Kier alpha value is -2.09. The maximum absolute atomic E-state index is 12.0. The van der Waals surface area contributed by atoms with Gasteiger partial charge in [0.15, 0.2) is 0 Å². The van der Waals surface area contributed by atoms with E-state index in [4.69, 9.17) is 4.74 Å². The molecule has 0 unspecified atom stereocenters. The van der Waals surface area contributed by atoms with Gasteiger partial charge in [0.05, 0.1) is 6.42 Å². The number of alkyl halides is 3. The minimum absolute atomic E-state index is 0.175. The van der Waals surface area contributed by atoms with E-state index in [1.54, 1.807) is 35.8 Å². The van der Waals surface area contributed by atoms with Crippen LogP contribution in [0, 0.1) is 0 Å². The maximum Gasteiger partial charge on any atom is 0.389 e. The highest BCUT2D eigenvalue weighted by Gasteiger charge is 2.27. The molecular formula is C14H13F3N2O2S. The first-order valence-corrected chi connectivity index (χ1v) is 7.30. The summed E-state index contributed by atoms with van der Waals surface area (Å²) in [7, 11) is 0. The zero-order valence-corrected chi connectivity index (χ0v) is 12.2. The number of hydrogen-bond acceptors (Lipinski definition) is 4. The Morgan fingerprint density at radius 3 is 2.59 bits per heavy atom. The highest BCUT2D eigenvalue weighted by atomic mass is 32.1. The number of amides is 1. The summed E-state index contributed by atoms with van der Waals surface area (Å²) in [4.78, 5) is 15.3. The number of carbonyl (C=O) groups is 1. The molecular weight excluding hydrogens is 317 g/mol. The molecule has 0 saturated carbocycles. The van der Waals surface area contributed by atoms with Crippen LogP contribution in [0.5, 0.6) is 10.9 Å². The lowest BCUT2D eigenvalue weighted by Gasteiger charge is -2.08. The van der Waals surface area contributed by atoms with Gasteiger partial charge in [-0.2, -0.15) is 13.2 Å². The number of carbonyl (C=O) groups excluding carboxylic acids is 1. The van der Waals surface area contributed by atoms with E-state index < -0.39 is 24.9 Å². The van der Waals surface area contributed by atoms with E-state index in [1.807, 2.05) is 0 Å². The number of nitrogens with zero attached hydrogens (tertiary/aromatic N) is 1. The van der Waals surface area contributed by atoms with E-state index >= 15 is 0 Å². The molecule has 1 N–H and O–H groups in total. The zero-order valence-electron chi connectivity index (χ0n) is 11.4. The molecule has 0 spiro atoms. The molecule has 0 radical (unpaired) electrons. The van der Waals surface area contributed by atoms with Crippen molar-refractivity contribution in [2.45, 2.75) is 25.6 Å². The van der Waals surface area contributed by atoms with E-state index in [1.165, 1.54) is 11.3 Å². The third-order valence-corrected chi connectivity index (χ3v) is 3.31. The van der Waals surface area contributed by atoms with Crippen molar-refractivity contribution < 1.29 is 22.7 Å². The zero-order chi connectivity index (χ0) is 16.0. The van der Waals surface area contributed by atoms with Crippen molar-refractivity contribution in [3.8, 4) is 10.9 Å². The van der Waals surface area contributed by atoms with Gasteiger partial charge in [0.2, 0.25) is 5.91 Å². The second-order valence-corrected chi connectivity index (χ2v) is 5.29. The SMILES string of the molecule is O=C(CCC(F)(F)F)NCc1ccc(Oc2nccs2)cc1. The quantitative estimate of drug-likeness (QED) is 0.874. The van der Waals surface area contributed by atoms with Crippen molar-refractivity contribution >= 4 is 17.2 Å². The van der Waals surface area contributed by atoms with Gasteiger partial charge in [-0.3, -0.25) is 4.79 Å². The van der Waals surface area contributed by atoms with Crippen molar-refractivity contribution in [3.63, 3.8) is 0 Å². The largest absolute Gasteiger partial charge is 0.431 e. The number of benzene rings is 1. The van der Waals surface area contributed by atoms with E-state index in [0.717, 1.165) is 5.56 Å². The summed E-state index contributed by atoms with van der Waals surface area (Å²) in [5, 5.41) is 4.76. The molecule has 118 valence electrons. The fourth-order valence-electron chi connectivity index (χ4n) is 1.58. The molecule has 1 aromatic carbocycles. The van der Waals surface area contributed by atoms with Crippen molar-refractivity contribution in [2.24, 2.45) is 0 Å². The number of thiazole rings is 1. The van der Waals surface area contributed by atoms with Crippen LogP contribution in [0.4, 0.5) is 13.2 Å². The Bertz CT molecular complexity index is 598. The number of nitrogens with one attached hydrogen (secondary N) is 1. The summed E-state index contributed by atoms with van der Waals surface area (Å²) < 4.78 is 41.4. The Morgan fingerprint density at radius 1 is 1.27 bits per heavy atom. The van der Waals surface area contributed by atoms with Crippen molar-refractivity contribution in [3.05, 3.63) is 41.4 Å². The number of rotatable bonds is 6. The second kappa shape index (κ2) is 7.26. The first-order valence-electron chi connectivity index (χ1n) is 6.42. The molecule has 0 aliphatic heterocycles. The third kappa shape index (κ3) is 5.72. The van der Waals surface area contributed by atoms with Crippen LogP contribution in [0.25, 0.3) is 0 Å². The van der Waals surface area contributed by atoms with Gasteiger partial charge in [0, 0.05) is 24.5 Å². The van der Waals surface area contributed by atoms with E-state index in [2.05, 4.69) is 10.3 Å². The van der Waals surface area contributed by atoms with Crippen LogP contribution in [-0.2, 0) is 11.3 Å². The molecule has 0 atom stereocenters. The van der Waals surface area contributed by atoms with Crippen LogP contribution in [-0.4, -0.2) is 17.1 Å². The van der Waals surface area contributed by atoms with E-state index in [0.29, 0.717) is 10.9 Å². The van der Waals surface area contributed by atoms with Gasteiger partial charge in [-0.25, -0.2) is 4.98 Å². The lowest BCUT2D eigenvalue weighted by atomic mass is 10.2. The Balaban J connectivity index is 1.78. The van der Waals surface area contributed by atoms with Crippen molar-refractivity contribution in [2.75, 3.05) is 0 Å². The predicted molar refractivity (Wildman–Crippen MR) is 75.8 cm³/mol. The average Bonchev–Trinajstić information content (AvgIpc) is 2.96. The van der Waals surface area contributed by atoms with Crippen LogP contribution in [0.15, 0.2) is 35.8 Å². The van der Waals surface area contributed by atoms with Crippen LogP contribution in [0.3, 0.4) is 0 Å². The molecule has 0 fully saturated rings. The average molecular weight is 330 g/mol. The first-order chi connectivity index (χ1) is 10.4. The van der Waals surface area contributed by atoms with Crippen molar-refractivity contribution in [1.82, 2.24) is 10.3 Å². The van der Waals surface area contributed by atoms with Crippen LogP contribution >= 0.6 is 11.3 Å². The second-order valence-electron chi connectivity index (χ2n) is 4.44. The maximum atomic E-state index is 12.0. The van der Waals surface area contributed by atoms with Crippen LogP contribution in [0.2, 0.25) is 0 Å². The van der Waals surface area contributed by atoms with Crippen LogP contribution in [0.1, 0.15) is 18.4 Å². The molecule has 0 bridgehead atoms.